The Morgan fingerprint density at radius 3 is 2.38 bits per heavy atom. The quantitative estimate of drug-likeness (QED) is 0.780. The highest BCUT2D eigenvalue weighted by atomic mass is 16.2. The number of carbonyl (C=O) groups excluding carboxylic acids is 1. The fourth-order valence-corrected chi connectivity index (χ4v) is 3.80. The van der Waals surface area contributed by atoms with E-state index in [9.17, 15) is 4.79 Å². The van der Waals surface area contributed by atoms with Crippen LogP contribution in [0.2, 0.25) is 0 Å². The summed E-state index contributed by atoms with van der Waals surface area (Å²) in [5.41, 5.74) is 0.912. The normalized spacial score (nSPS) is 17.6. The molecule has 1 atom stereocenters. The molecular weight excluding hydrogens is 294 g/mol. The van der Waals surface area contributed by atoms with Gasteiger partial charge in [0.25, 0.3) is 0 Å². The SMILES string of the molecule is CC(C)(C)C(=O)N[C@H](c1cccc2ccccc12)C1CCCCC1. The highest BCUT2D eigenvalue weighted by molar-refractivity contribution is 5.87. The van der Waals surface area contributed by atoms with Crippen LogP contribution in [0.1, 0.15) is 64.5 Å². The van der Waals surface area contributed by atoms with Crippen LogP contribution in [0.5, 0.6) is 0 Å². The van der Waals surface area contributed by atoms with Crippen LogP contribution in [0.15, 0.2) is 42.5 Å². The third kappa shape index (κ3) is 3.63. The third-order valence-electron chi connectivity index (χ3n) is 5.25. The van der Waals surface area contributed by atoms with Crippen LogP contribution < -0.4 is 5.32 Å². The highest BCUT2D eigenvalue weighted by Gasteiger charge is 2.31. The van der Waals surface area contributed by atoms with Gasteiger partial charge in [-0.05, 0) is 35.1 Å². The van der Waals surface area contributed by atoms with Gasteiger partial charge >= 0.3 is 0 Å². The number of fused-ring (bicyclic) bond motifs is 1. The van der Waals surface area contributed by atoms with Crippen LogP contribution in [-0.2, 0) is 4.79 Å². The molecule has 0 saturated heterocycles. The van der Waals surface area contributed by atoms with E-state index < -0.39 is 0 Å². The van der Waals surface area contributed by atoms with E-state index in [1.54, 1.807) is 0 Å². The van der Waals surface area contributed by atoms with E-state index >= 15 is 0 Å². The monoisotopic (exact) mass is 323 g/mol. The maximum atomic E-state index is 12.7. The van der Waals surface area contributed by atoms with Gasteiger partial charge in [-0.3, -0.25) is 4.79 Å². The molecule has 0 aromatic heterocycles. The molecule has 2 nitrogen and oxygen atoms in total. The number of hydrogen-bond donors (Lipinski definition) is 1. The van der Waals surface area contributed by atoms with Gasteiger partial charge in [-0.1, -0.05) is 82.5 Å². The molecule has 0 heterocycles. The molecule has 1 N–H and O–H groups in total. The molecule has 2 heteroatoms. The minimum absolute atomic E-state index is 0.114. The van der Waals surface area contributed by atoms with E-state index in [1.807, 2.05) is 20.8 Å². The van der Waals surface area contributed by atoms with E-state index in [-0.39, 0.29) is 17.4 Å². The Morgan fingerprint density at radius 2 is 1.67 bits per heavy atom. The van der Waals surface area contributed by atoms with Gasteiger partial charge < -0.3 is 5.32 Å². The molecule has 2 aromatic carbocycles. The van der Waals surface area contributed by atoms with Gasteiger partial charge in [0.15, 0.2) is 0 Å². The molecule has 0 spiro atoms. The van der Waals surface area contributed by atoms with Crippen molar-refractivity contribution in [2.24, 2.45) is 11.3 Å². The predicted octanol–water partition coefficient (Wildman–Crippen LogP) is 5.62. The van der Waals surface area contributed by atoms with E-state index in [1.165, 1.54) is 48.4 Å². The smallest absolute Gasteiger partial charge is 0.225 e. The van der Waals surface area contributed by atoms with Crippen LogP contribution in [0.4, 0.5) is 0 Å². The Kier molecular flexibility index (Phi) is 4.93. The fraction of sp³-hybridized carbons (Fsp3) is 0.500. The maximum absolute atomic E-state index is 12.7. The second kappa shape index (κ2) is 6.96. The van der Waals surface area contributed by atoms with Crippen molar-refractivity contribution >= 4 is 16.7 Å². The lowest BCUT2D eigenvalue weighted by Gasteiger charge is -2.34. The van der Waals surface area contributed by atoms with E-state index in [4.69, 9.17) is 0 Å². The third-order valence-corrected chi connectivity index (χ3v) is 5.25. The number of amides is 1. The average molecular weight is 323 g/mol. The lowest BCUT2D eigenvalue weighted by Crippen LogP contribution is -2.40. The van der Waals surface area contributed by atoms with Gasteiger partial charge in [-0.2, -0.15) is 0 Å². The molecule has 128 valence electrons. The largest absolute Gasteiger partial charge is 0.349 e. The lowest BCUT2D eigenvalue weighted by atomic mass is 9.79. The van der Waals surface area contributed by atoms with Crippen molar-refractivity contribution in [2.45, 2.75) is 58.9 Å². The van der Waals surface area contributed by atoms with Gasteiger partial charge in [0.2, 0.25) is 5.91 Å². The molecular formula is C22H29NO. The fourth-order valence-electron chi connectivity index (χ4n) is 3.80. The summed E-state index contributed by atoms with van der Waals surface area (Å²) >= 11 is 0. The van der Waals surface area contributed by atoms with Gasteiger partial charge in [0, 0.05) is 5.41 Å². The highest BCUT2D eigenvalue weighted by Crippen LogP contribution is 2.37. The Labute approximate surface area is 145 Å². The minimum Gasteiger partial charge on any atom is -0.349 e. The molecule has 2 aromatic rings. The van der Waals surface area contributed by atoms with Crippen molar-refractivity contribution in [3.63, 3.8) is 0 Å². The zero-order valence-electron chi connectivity index (χ0n) is 15.1. The zero-order chi connectivity index (χ0) is 17.2. The predicted molar refractivity (Wildman–Crippen MR) is 101 cm³/mol. The molecule has 0 radical (unpaired) electrons. The molecule has 1 aliphatic rings. The Bertz CT molecular complexity index is 702. The first kappa shape index (κ1) is 17.0. The summed E-state index contributed by atoms with van der Waals surface area (Å²) in [5, 5.41) is 5.92. The second-order valence-corrected chi connectivity index (χ2v) is 8.17. The summed E-state index contributed by atoms with van der Waals surface area (Å²) in [6.07, 6.45) is 6.29. The van der Waals surface area contributed by atoms with E-state index in [0.29, 0.717) is 5.92 Å². The topological polar surface area (TPSA) is 29.1 Å². The maximum Gasteiger partial charge on any atom is 0.225 e. The van der Waals surface area contributed by atoms with Crippen molar-refractivity contribution < 1.29 is 4.79 Å². The summed E-state index contributed by atoms with van der Waals surface area (Å²) in [5.74, 6) is 0.682. The molecule has 1 saturated carbocycles. The standard InChI is InChI=1S/C22H29NO/c1-22(2,3)21(24)23-20(17-11-5-4-6-12-17)19-15-9-13-16-10-7-8-14-18(16)19/h7-10,13-15,17,20H,4-6,11-12H2,1-3H3,(H,23,24)/t20-/m0/s1. The number of carbonyl (C=O) groups is 1. The average Bonchev–Trinajstić information content (AvgIpc) is 2.59. The van der Waals surface area contributed by atoms with Crippen molar-refractivity contribution in [1.82, 2.24) is 5.32 Å². The number of hydrogen-bond acceptors (Lipinski definition) is 1. The van der Waals surface area contributed by atoms with E-state index in [0.717, 1.165) is 0 Å². The van der Waals surface area contributed by atoms with Gasteiger partial charge in [-0.15, -0.1) is 0 Å². The van der Waals surface area contributed by atoms with Crippen LogP contribution in [-0.4, -0.2) is 5.91 Å². The lowest BCUT2D eigenvalue weighted by molar-refractivity contribution is -0.129. The van der Waals surface area contributed by atoms with Crippen LogP contribution in [0.3, 0.4) is 0 Å². The Morgan fingerprint density at radius 1 is 1.00 bits per heavy atom. The zero-order valence-corrected chi connectivity index (χ0v) is 15.1. The molecule has 1 aliphatic carbocycles. The summed E-state index contributed by atoms with van der Waals surface area (Å²) in [4.78, 5) is 12.7. The number of nitrogens with one attached hydrogen (secondary N) is 1. The van der Waals surface area contributed by atoms with Crippen molar-refractivity contribution in [2.75, 3.05) is 0 Å². The second-order valence-electron chi connectivity index (χ2n) is 8.17. The van der Waals surface area contributed by atoms with Crippen LogP contribution >= 0.6 is 0 Å². The summed E-state index contributed by atoms with van der Waals surface area (Å²) in [7, 11) is 0. The molecule has 24 heavy (non-hydrogen) atoms. The molecule has 3 rings (SSSR count). The van der Waals surface area contributed by atoms with Crippen molar-refractivity contribution in [1.29, 1.82) is 0 Å². The summed E-state index contributed by atoms with van der Waals surface area (Å²) in [6, 6.07) is 15.1. The first-order chi connectivity index (χ1) is 11.5. The molecule has 1 fully saturated rings. The molecule has 0 bridgehead atoms. The molecule has 0 aliphatic heterocycles. The first-order valence-electron chi connectivity index (χ1n) is 9.25. The van der Waals surface area contributed by atoms with E-state index in [2.05, 4.69) is 47.8 Å². The minimum atomic E-state index is -0.364. The number of rotatable bonds is 3. The number of benzene rings is 2. The first-order valence-corrected chi connectivity index (χ1v) is 9.25. The molecule has 1 amide bonds. The van der Waals surface area contributed by atoms with Gasteiger partial charge in [0.1, 0.15) is 0 Å². The Hall–Kier alpha value is -1.83. The van der Waals surface area contributed by atoms with Gasteiger partial charge in [0.05, 0.1) is 6.04 Å². The Balaban J connectivity index is 2.01. The van der Waals surface area contributed by atoms with Crippen LogP contribution in [0, 0.1) is 11.3 Å². The van der Waals surface area contributed by atoms with Gasteiger partial charge in [-0.25, -0.2) is 0 Å². The summed E-state index contributed by atoms with van der Waals surface area (Å²) < 4.78 is 0. The van der Waals surface area contributed by atoms with Crippen molar-refractivity contribution in [3.05, 3.63) is 48.0 Å². The van der Waals surface area contributed by atoms with Crippen molar-refractivity contribution in [3.8, 4) is 0 Å². The van der Waals surface area contributed by atoms with Crippen LogP contribution in [0.25, 0.3) is 10.8 Å². The summed E-state index contributed by atoms with van der Waals surface area (Å²) in [6.45, 7) is 5.97. The molecule has 0 unspecified atom stereocenters.